The number of aldehydes is 1. The molecule has 0 saturated heterocycles. The fourth-order valence-corrected chi connectivity index (χ4v) is 1.35. The molecule has 1 aliphatic heterocycles. The SMILES string of the molecule is O=CC1=CC=CC=C2C=CNC=C12. The minimum Gasteiger partial charge on any atom is -0.367 e. The van der Waals surface area contributed by atoms with Crippen LogP contribution in [-0.4, -0.2) is 6.29 Å². The van der Waals surface area contributed by atoms with Crippen molar-refractivity contribution in [1.82, 2.24) is 5.32 Å². The van der Waals surface area contributed by atoms with E-state index in [0.717, 1.165) is 17.4 Å². The molecule has 0 unspecified atom stereocenters. The van der Waals surface area contributed by atoms with Crippen LogP contribution >= 0.6 is 0 Å². The van der Waals surface area contributed by atoms with E-state index in [9.17, 15) is 4.79 Å². The predicted molar refractivity (Wildman–Crippen MR) is 51.7 cm³/mol. The average Bonchev–Trinajstić information content (AvgIpc) is 2.39. The lowest BCUT2D eigenvalue weighted by atomic mass is 9.99. The summed E-state index contributed by atoms with van der Waals surface area (Å²) in [7, 11) is 0. The van der Waals surface area contributed by atoms with Gasteiger partial charge >= 0.3 is 0 Å². The van der Waals surface area contributed by atoms with Crippen molar-refractivity contribution < 1.29 is 4.79 Å². The quantitative estimate of drug-likeness (QED) is 0.607. The molecule has 0 amide bonds. The van der Waals surface area contributed by atoms with E-state index >= 15 is 0 Å². The van der Waals surface area contributed by atoms with Crippen LogP contribution in [0.15, 0.2) is 59.5 Å². The number of fused-ring (bicyclic) bond motifs is 1. The van der Waals surface area contributed by atoms with E-state index in [1.807, 2.05) is 42.8 Å². The molecule has 2 nitrogen and oxygen atoms in total. The molecule has 64 valence electrons. The predicted octanol–water partition coefficient (Wildman–Crippen LogP) is 1.61. The number of dihydropyridines is 1. The highest BCUT2D eigenvalue weighted by Crippen LogP contribution is 2.22. The lowest BCUT2D eigenvalue weighted by Gasteiger charge is -2.11. The van der Waals surface area contributed by atoms with Crippen molar-refractivity contribution >= 4 is 6.29 Å². The lowest BCUT2D eigenvalue weighted by molar-refractivity contribution is -0.104. The Morgan fingerprint density at radius 3 is 2.92 bits per heavy atom. The first-order valence-electron chi connectivity index (χ1n) is 4.09. The van der Waals surface area contributed by atoms with Gasteiger partial charge < -0.3 is 5.32 Å². The monoisotopic (exact) mass is 171 g/mol. The van der Waals surface area contributed by atoms with Crippen LogP contribution in [0.5, 0.6) is 0 Å². The van der Waals surface area contributed by atoms with Crippen LogP contribution in [0.25, 0.3) is 0 Å². The van der Waals surface area contributed by atoms with E-state index in [2.05, 4.69) is 5.32 Å². The molecule has 0 atom stereocenters. The summed E-state index contributed by atoms with van der Waals surface area (Å²) >= 11 is 0. The van der Waals surface area contributed by atoms with E-state index in [0.29, 0.717) is 5.57 Å². The third-order valence-electron chi connectivity index (χ3n) is 2.00. The van der Waals surface area contributed by atoms with Gasteiger partial charge in [-0.05, 0) is 11.6 Å². The Kier molecular flexibility index (Phi) is 1.96. The fraction of sp³-hybridized carbons (Fsp3) is 0. The van der Waals surface area contributed by atoms with Crippen LogP contribution in [0, 0.1) is 0 Å². The Bertz CT molecular complexity index is 363. The number of carbonyl (C=O) groups excluding carboxylic acids is 1. The van der Waals surface area contributed by atoms with Gasteiger partial charge in [0.15, 0.2) is 6.29 Å². The zero-order valence-electron chi connectivity index (χ0n) is 7.03. The maximum absolute atomic E-state index is 10.7. The Balaban J connectivity index is 2.50. The number of rotatable bonds is 1. The van der Waals surface area contributed by atoms with Crippen molar-refractivity contribution in [2.24, 2.45) is 0 Å². The van der Waals surface area contributed by atoms with E-state index in [1.54, 1.807) is 0 Å². The summed E-state index contributed by atoms with van der Waals surface area (Å²) in [6.07, 6.45) is 14.1. The molecule has 13 heavy (non-hydrogen) atoms. The van der Waals surface area contributed by atoms with Gasteiger partial charge in [-0.2, -0.15) is 0 Å². The molecule has 2 aliphatic rings. The lowest BCUT2D eigenvalue weighted by Crippen LogP contribution is -2.05. The molecule has 0 aromatic rings. The van der Waals surface area contributed by atoms with Crippen molar-refractivity contribution in [3.63, 3.8) is 0 Å². The number of carbonyl (C=O) groups is 1. The smallest absolute Gasteiger partial charge is 0.150 e. The summed E-state index contributed by atoms with van der Waals surface area (Å²) in [6, 6.07) is 0. The molecule has 0 saturated carbocycles. The molecule has 1 heterocycles. The highest BCUT2D eigenvalue weighted by molar-refractivity contribution is 5.85. The summed E-state index contributed by atoms with van der Waals surface area (Å²) in [5.74, 6) is 0. The van der Waals surface area contributed by atoms with E-state index in [-0.39, 0.29) is 0 Å². The maximum atomic E-state index is 10.7. The molecule has 2 heteroatoms. The number of nitrogens with one attached hydrogen (secondary N) is 1. The van der Waals surface area contributed by atoms with Gasteiger partial charge in [0.2, 0.25) is 0 Å². The Morgan fingerprint density at radius 2 is 2.08 bits per heavy atom. The molecule has 0 spiro atoms. The van der Waals surface area contributed by atoms with Gasteiger partial charge in [-0.15, -0.1) is 0 Å². The van der Waals surface area contributed by atoms with Crippen LogP contribution in [-0.2, 0) is 4.79 Å². The van der Waals surface area contributed by atoms with Gasteiger partial charge in [0, 0.05) is 23.5 Å². The van der Waals surface area contributed by atoms with E-state index in [1.165, 1.54) is 0 Å². The normalized spacial score (nSPS) is 18.9. The van der Waals surface area contributed by atoms with Crippen LogP contribution in [0.2, 0.25) is 0 Å². The molecule has 0 fully saturated rings. The van der Waals surface area contributed by atoms with Gasteiger partial charge in [0.05, 0.1) is 0 Å². The first kappa shape index (κ1) is 7.80. The van der Waals surface area contributed by atoms with Crippen molar-refractivity contribution in [1.29, 1.82) is 0 Å². The topological polar surface area (TPSA) is 29.1 Å². The molecule has 0 radical (unpaired) electrons. The second-order valence-corrected chi connectivity index (χ2v) is 2.80. The molecule has 0 bridgehead atoms. The van der Waals surface area contributed by atoms with Gasteiger partial charge in [-0.3, -0.25) is 4.79 Å². The van der Waals surface area contributed by atoms with Crippen LogP contribution < -0.4 is 5.32 Å². The van der Waals surface area contributed by atoms with E-state index < -0.39 is 0 Å². The zero-order valence-corrected chi connectivity index (χ0v) is 7.03. The van der Waals surface area contributed by atoms with Gasteiger partial charge in [-0.1, -0.05) is 24.3 Å². The number of hydrogen-bond acceptors (Lipinski definition) is 2. The van der Waals surface area contributed by atoms with Gasteiger partial charge in [0.1, 0.15) is 0 Å². The van der Waals surface area contributed by atoms with Crippen molar-refractivity contribution in [2.75, 3.05) is 0 Å². The van der Waals surface area contributed by atoms with Crippen molar-refractivity contribution in [2.45, 2.75) is 0 Å². The Morgan fingerprint density at radius 1 is 1.23 bits per heavy atom. The van der Waals surface area contributed by atoms with Crippen LogP contribution in [0.3, 0.4) is 0 Å². The summed E-state index contributed by atoms with van der Waals surface area (Å²) in [5, 5.41) is 2.97. The molecule has 1 N–H and O–H groups in total. The molecular formula is C11H9NO. The summed E-state index contributed by atoms with van der Waals surface area (Å²) in [6.45, 7) is 0. The Hall–Kier alpha value is -1.83. The highest BCUT2D eigenvalue weighted by atomic mass is 16.1. The van der Waals surface area contributed by atoms with E-state index in [4.69, 9.17) is 0 Å². The first-order chi connectivity index (χ1) is 6.42. The average molecular weight is 171 g/mol. The molecule has 0 aromatic heterocycles. The second-order valence-electron chi connectivity index (χ2n) is 2.80. The Labute approximate surface area is 76.6 Å². The molecular weight excluding hydrogens is 162 g/mol. The molecule has 1 aliphatic carbocycles. The molecule has 2 rings (SSSR count). The fourth-order valence-electron chi connectivity index (χ4n) is 1.35. The van der Waals surface area contributed by atoms with Crippen molar-refractivity contribution in [3.8, 4) is 0 Å². The summed E-state index contributed by atoms with van der Waals surface area (Å²) in [4.78, 5) is 10.7. The standard InChI is InChI=1S/C11H9NO/c13-8-10-4-2-1-3-9-5-6-12-7-11(9)10/h1-8,12H. The van der Waals surface area contributed by atoms with Gasteiger partial charge in [-0.25, -0.2) is 0 Å². The molecule has 0 aromatic carbocycles. The van der Waals surface area contributed by atoms with Crippen LogP contribution in [0.1, 0.15) is 0 Å². The first-order valence-corrected chi connectivity index (χ1v) is 4.09. The third kappa shape index (κ3) is 1.38. The maximum Gasteiger partial charge on any atom is 0.150 e. The number of allylic oxidation sites excluding steroid dienone is 8. The van der Waals surface area contributed by atoms with Crippen LogP contribution in [0.4, 0.5) is 0 Å². The number of hydrogen-bond donors (Lipinski definition) is 1. The zero-order chi connectivity index (χ0) is 9.10. The van der Waals surface area contributed by atoms with Gasteiger partial charge in [0.25, 0.3) is 0 Å². The van der Waals surface area contributed by atoms with Crippen molar-refractivity contribution in [3.05, 3.63) is 59.5 Å². The summed E-state index contributed by atoms with van der Waals surface area (Å²) < 4.78 is 0. The minimum absolute atomic E-state index is 0.705. The third-order valence-corrected chi connectivity index (χ3v) is 2.00. The highest BCUT2D eigenvalue weighted by Gasteiger charge is 2.10. The largest absolute Gasteiger partial charge is 0.367 e. The summed E-state index contributed by atoms with van der Waals surface area (Å²) in [5.41, 5.74) is 2.71. The second kappa shape index (κ2) is 3.27. The minimum atomic E-state index is 0.705.